The molecule has 2 aromatic rings. The molecular formula is C16H23N3S. The summed E-state index contributed by atoms with van der Waals surface area (Å²) in [6.45, 7) is 7.42. The smallest absolute Gasteiger partial charge is 0.0572 e. The molecule has 0 spiro atoms. The molecule has 1 atom stereocenters. The summed E-state index contributed by atoms with van der Waals surface area (Å²) in [5.74, 6) is 0. The second-order valence-electron chi connectivity index (χ2n) is 5.26. The topological polar surface area (TPSA) is 42.1 Å². The van der Waals surface area contributed by atoms with Crippen molar-refractivity contribution in [3.8, 4) is 0 Å². The average molecular weight is 289 g/mol. The number of pyridine rings is 1. The van der Waals surface area contributed by atoms with Crippen molar-refractivity contribution < 1.29 is 0 Å². The van der Waals surface area contributed by atoms with Crippen LogP contribution in [0.15, 0.2) is 35.8 Å². The summed E-state index contributed by atoms with van der Waals surface area (Å²) in [7, 11) is 0. The van der Waals surface area contributed by atoms with E-state index in [1.165, 1.54) is 4.88 Å². The Kier molecular flexibility index (Phi) is 5.15. The van der Waals surface area contributed by atoms with Crippen molar-refractivity contribution in [2.45, 2.75) is 45.8 Å². The van der Waals surface area contributed by atoms with Gasteiger partial charge in [-0.25, -0.2) is 0 Å². The summed E-state index contributed by atoms with van der Waals surface area (Å²) in [5.41, 5.74) is 8.14. The fraction of sp³-hybridized carbons (Fsp3) is 0.438. The van der Waals surface area contributed by atoms with E-state index in [9.17, 15) is 0 Å². The maximum atomic E-state index is 6.02. The van der Waals surface area contributed by atoms with Gasteiger partial charge in [0, 0.05) is 17.0 Å². The number of hydrogen-bond donors (Lipinski definition) is 1. The predicted molar refractivity (Wildman–Crippen MR) is 87.1 cm³/mol. The van der Waals surface area contributed by atoms with Gasteiger partial charge in [0.1, 0.15) is 0 Å². The largest absolute Gasteiger partial charge is 0.363 e. The zero-order valence-electron chi connectivity index (χ0n) is 12.4. The van der Waals surface area contributed by atoms with Crippen molar-refractivity contribution in [1.29, 1.82) is 0 Å². The lowest BCUT2D eigenvalue weighted by molar-refractivity contribution is 0.666. The van der Waals surface area contributed by atoms with Gasteiger partial charge in [-0.05, 0) is 43.8 Å². The molecule has 0 radical (unpaired) electrons. The molecule has 0 aromatic carbocycles. The zero-order valence-corrected chi connectivity index (χ0v) is 13.2. The molecule has 2 heterocycles. The molecule has 0 aliphatic rings. The summed E-state index contributed by atoms with van der Waals surface area (Å²) >= 11 is 1.79. The number of hydrogen-bond acceptors (Lipinski definition) is 4. The molecule has 0 unspecified atom stereocenters. The molecule has 0 saturated carbocycles. The molecule has 0 fully saturated rings. The van der Waals surface area contributed by atoms with Gasteiger partial charge in [0.05, 0.1) is 24.1 Å². The van der Waals surface area contributed by atoms with Crippen molar-refractivity contribution >= 4 is 17.0 Å². The molecule has 0 saturated heterocycles. The van der Waals surface area contributed by atoms with Crippen LogP contribution in [-0.4, -0.2) is 11.0 Å². The van der Waals surface area contributed by atoms with E-state index >= 15 is 0 Å². The van der Waals surface area contributed by atoms with Crippen LogP contribution in [0.4, 0.5) is 5.69 Å². The van der Waals surface area contributed by atoms with Crippen molar-refractivity contribution in [2.75, 3.05) is 4.90 Å². The Morgan fingerprint density at radius 3 is 2.60 bits per heavy atom. The van der Waals surface area contributed by atoms with E-state index in [0.29, 0.717) is 6.04 Å². The number of thiophene rings is 1. The van der Waals surface area contributed by atoms with E-state index in [-0.39, 0.29) is 6.04 Å². The Hall–Kier alpha value is -1.39. The van der Waals surface area contributed by atoms with Gasteiger partial charge in [-0.3, -0.25) is 4.98 Å². The second kappa shape index (κ2) is 6.86. The first-order valence-corrected chi connectivity index (χ1v) is 8.00. The van der Waals surface area contributed by atoms with Crippen molar-refractivity contribution in [3.05, 3.63) is 46.4 Å². The fourth-order valence-corrected chi connectivity index (χ4v) is 2.84. The second-order valence-corrected chi connectivity index (χ2v) is 6.29. The van der Waals surface area contributed by atoms with Gasteiger partial charge in [-0.1, -0.05) is 13.0 Å². The molecule has 2 N–H and O–H groups in total. The predicted octanol–water partition coefficient (Wildman–Crippen LogP) is 3.97. The van der Waals surface area contributed by atoms with E-state index in [1.54, 1.807) is 11.3 Å². The highest BCUT2D eigenvalue weighted by Gasteiger charge is 2.13. The Morgan fingerprint density at radius 2 is 2.10 bits per heavy atom. The summed E-state index contributed by atoms with van der Waals surface area (Å²) in [4.78, 5) is 8.25. The summed E-state index contributed by atoms with van der Waals surface area (Å²) in [6, 6.07) is 8.92. The minimum absolute atomic E-state index is 0.0360. The molecule has 0 aliphatic carbocycles. The van der Waals surface area contributed by atoms with Crippen LogP contribution in [0.2, 0.25) is 0 Å². The molecule has 0 aliphatic heterocycles. The molecule has 2 aromatic heterocycles. The van der Waals surface area contributed by atoms with Gasteiger partial charge < -0.3 is 10.6 Å². The third-order valence-corrected chi connectivity index (χ3v) is 4.31. The van der Waals surface area contributed by atoms with Gasteiger partial charge in [0.25, 0.3) is 0 Å². The highest BCUT2D eigenvalue weighted by molar-refractivity contribution is 7.09. The maximum absolute atomic E-state index is 6.02. The lowest BCUT2D eigenvalue weighted by Crippen LogP contribution is -2.30. The third-order valence-electron chi connectivity index (χ3n) is 3.45. The SMILES string of the molecule is CC[C@@H](N)c1ccc(N(Cc2cccs2)C(C)C)cn1. The number of aromatic nitrogens is 1. The number of anilines is 1. The van der Waals surface area contributed by atoms with Gasteiger partial charge in [-0.2, -0.15) is 0 Å². The van der Waals surface area contributed by atoms with Crippen molar-refractivity contribution in [1.82, 2.24) is 4.98 Å². The standard InChI is InChI=1S/C16H23N3S/c1-4-15(17)16-8-7-13(10-18-16)19(12(2)3)11-14-6-5-9-20-14/h5-10,12,15H,4,11,17H2,1-3H3/t15-/m1/s1. The molecule has 0 amide bonds. The van der Waals surface area contributed by atoms with Gasteiger partial charge in [0.15, 0.2) is 0 Å². The van der Waals surface area contributed by atoms with Gasteiger partial charge >= 0.3 is 0 Å². The lowest BCUT2D eigenvalue weighted by Gasteiger charge is -2.28. The van der Waals surface area contributed by atoms with Crippen molar-refractivity contribution in [2.24, 2.45) is 5.73 Å². The number of nitrogens with zero attached hydrogens (tertiary/aromatic N) is 2. The maximum Gasteiger partial charge on any atom is 0.0572 e. The molecular weight excluding hydrogens is 266 g/mol. The Balaban J connectivity index is 2.17. The molecule has 0 bridgehead atoms. The minimum atomic E-state index is 0.0360. The van der Waals surface area contributed by atoms with Crippen LogP contribution in [0.25, 0.3) is 0 Å². The van der Waals surface area contributed by atoms with E-state index in [2.05, 4.69) is 54.2 Å². The number of rotatable bonds is 6. The number of nitrogens with two attached hydrogens (primary N) is 1. The lowest BCUT2D eigenvalue weighted by atomic mass is 10.1. The summed E-state index contributed by atoms with van der Waals surface area (Å²) < 4.78 is 0. The van der Waals surface area contributed by atoms with Crippen LogP contribution in [-0.2, 0) is 6.54 Å². The minimum Gasteiger partial charge on any atom is -0.363 e. The molecule has 4 heteroatoms. The van der Waals surface area contributed by atoms with E-state index in [1.807, 2.05) is 12.3 Å². The highest BCUT2D eigenvalue weighted by atomic mass is 32.1. The molecule has 2 rings (SSSR count). The summed E-state index contributed by atoms with van der Waals surface area (Å²) in [6.07, 6.45) is 2.86. The average Bonchev–Trinajstić information content (AvgIpc) is 2.97. The van der Waals surface area contributed by atoms with Gasteiger partial charge in [0.2, 0.25) is 0 Å². The first-order chi connectivity index (χ1) is 9.61. The first kappa shape index (κ1) is 15.0. The van der Waals surface area contributed by atoms with Crippen LogP contribution in [0.5, 0.6) is 0 Å². The normalized spacial score (nSPS) is 12.7. The van der Waals surface area contributed by atoms with Crippen LogP contribution >= 0.6 is 11.3 Å². The summed E-state index contributed by atoms with van der Waals surface area (Å²) in [5, 5.41) is 2.12. The third kappa shape index (κ3) is 3.58. The van der Waals surface area contributed by atoms with Crippen LogP contribution in [0.1, 0.15) is 43.8 Å². The van der Waals surface area contributed by atoms with Crippen LogP contribution in [0, 0.1) is 0 Å². The van der Waals surface area contributed by atoms with E-state index in [0.717, 1.165) is 24.3 Å². The Morgan fingerprint density at radius 1 is 1.30 bits per heavy atom. The highest BCUT2D eigenvalue weighted by Crippen LogP contribution is 2.22. The van der Waals surface area contributed by atoms with E-state index in [4.69, 9.17) is 5.73 Å². The van der Waals surface area contributed by atoms with Crippen molar-refractivity contribution in [3.63, 3.8) is 0 Å². The quantitative estimate of drug-likeness (QED) is 0.875. The molecule has 20 heavy (non-hydrogen) atoms. The zero-order chi connectivity index (χ0) is 14.5. The van der Waals surface area contributed by atoms with Crippen LogP contribution in [0.3, 0.4) is 0 Å². The molecule has 3 nitrogen and oxygen atoms in total. The van der Waals surface area contributed by atoms with Gasteiger partial charge in [-0.15, -0.1) is 11.3 Å². The fourth-order valence-electron chi connectivity index (χ4n) is 2.14. The molecule has 108 valence electrons. The van der Waals surface area contributed by atoms with E-state index < -0.39 is 0 Å². The Labute approximate surface area is 125 Å². The van der Waals surface area contributed by atoms with Crippen LogP contribution < -0.4 is 10.6 Å². The Bertz CT molecular complexity index is 505. The first-order valence-electron chi connectivity index (χ1n) is 7.12. The monoisotopic (exact) mass is 289 g/mol.